The Morgan fingerprint density at radius 3 is 2.41 bits per heavy atom. The van der Waals surface area contributed by atoms with Crippen LogP contribution in [0.5, 0.6) is 0 Å². The topological polar surface area (TPSA) is 23.5 Å². The van der Waals surface area contributed by atoms with Gasteiger partial charge in [-0.2, -0.15) is 13.2 Å². The number of anilines is 1. The summed E-state index contributed by atoms with van der Waals surface area (Å²) >= 11 is 7.16. The molecule has 27 heavy (non-hydrogen) atoms. The normalized spacial score (nSPS) is 18.9. The third-order valence-electron chi connectivity index (χ3n) is 4.81. The van der Waals surface area contributed by atoms with Gasteiger partial charge in [0.25, 0.3) is 0 Å². The van der Waals surface area contributed by atoms with Crippen LogP contribution in [0.2, 0.25) is 5.02 Å². The maximum absolute atomic E-state index is 14.1. The number of nitrogens with zero attached hydrogens (tertiary/aromatic N) is 1. The van der Waals surface area contributed by atoms with Gasteiger partial charge in [-0.25, -0.2) is 0 Å². The monoisotopic (exact) mass is 409 g/mol. The van der Waals surface area contributed by atoms with Crippen LogP contribution in [-0.4, -0.2) is 25.4 Å². The van der Waals surface area contributed by atoms with Gasteiger partial charge in [-0.15, -0.1) is 0 Å². The van der Waals surface area contributed by atoms with Gasteiger partial charge in [0.15, 0.2) is 0 Å². The molecule has 2 nitrogen and oxygen atoms in total. The summed E-state index contributed by atoms with van der Waals surface area (Å²) in [6.07, 6.45) is -4.89. The van der Waals surface area contributed by atoms with Crippen LogP contribution in [0, 0.1) is 0 Å². The number of aliphatic hydroxyl groups is 1. The second kappa shape index (κ2) is 6.06. The van der Waals surface area contributed by atoms with Crippen LogP contribution >= 0.6 is 23.4 Å². The molecule has 0 saturated heterocycles. The van der Waals surface area contributed by atoms with Crippen molar-refractivity contribution in [3.63, 3.8) is 0 Å². The summed E-state index contributed by atoms with van der Waals surface area (Å²) < 4.78 is 42.3. The molecule has 0 saturated carbocycles. The molecule has 0 aliphatic carbocycles. The average Bonchev–Trinajstić information content (AvgIpc) is 2.60. The Labute approximate surface area is 163 Å². The zero-order valence-corrected chi connectivity index (χ0v) is 16.0. The zero-order chi connectivity index (χ0) is 19.6. The number of alkyl halides is 3. The van der Waals surface area contributed by atoms with E-state index >= 15 is 0 Å². The largest absolute Gasteiger partial charge is 0.425 e. The number of fused-ring (bicyclic) bond motifs is 4. The highest BCUT2D eigenvalue weighted by molar-refractivity contribution is 7.99. The van der Waals surface area contributed by atoms with Crippen molar-refractivity contribution >= 4 is 39.8 Å². The lowest BCUT2D eigenvalue weighted by Crippen LogP contribution is -2.45. The number of hydrogen-bond donors (Lipinski definition) is 1. The fourth-order valence-electron chi connectivity index (χ4n) is 3.53. The molecule has 0 amide bonds. The summed E-state index contributed by atoms with van der Waals surface area (Å²) in [6.45, 7) is 0. The predicted octanol–water partition coefficient (Wildman–Crippen LogP) is 5.82. The highest BCUT2D eigenvalue weighted by Crippen LogP contribution is 2.56. The molecule has 7 heteroatoms. The fraction of sp³-hybridized carbons (Fsp3) is 0.200. The molecular formula is C20H15ClF3NOS. The fourth-order valence-corrected chi connectivity index (χ4v) is 4.99. The lowest BCUT2D eigenvalue weighted by atomic mass is 9.84. The Bertz CT molecular complexity index is 1070. The van der Waals surface area contributed by atoms with Gasteiger partial charge in [0.05, 0.1) is 0 Å². The maximum Gasteiger partial charge on any atom is 0.425 e. The molecule has 1 aliphatic rings. The van der Waals surface area contributed by atoms with E-state index in [1.165, 1.54) is 36.0 Å². The molecule has 140 valence electrons. The zero-order valence-electron chi connectivity index (χ0n) is 14.4. The number of benzene rings is 3. The molecule has 1 N–H and O–H groups in total. The van der Waals surface area contributed by atoms with Crippen molar-refractivity contribution in [1.29, 1.82) is 0 Å². The van der Waals surface area contributed by atoms with Crippen LogP contribution < -0.4 is 4.90 Å². The molecule has 3 aromatic carbocycles. The summed E-state index contributed by atoms with van der Waals surface area (Å²) in [4.78, 5) is 2.66. The first kappa shape index (κ1) is 18.5. The summed E-state index contributed by atoms with van der Waals surface area (Å²) in [5, 5.41) is 12.6. The van der Waals surface area contributed by atoms with Gasteiger partial charge < -0.3 is 10.0 Å². The van der Waals surface area contributed by atoms with E-state index < -0.39 is 11.8 Å². The van der Waals surface area contributed by atoms with E-state index in [0.717, 1.165) is 11.1 Å². The number of rotatable bonds is 1. The first-order valence-electron chi connectivity index (χ1n) is 8.15. The van der Waals surface area contributed by atoms with Gasteiger partial charge in [-0.3, -0.25) is 0 Å². The van der Waals surface area contributed by atoms with Gasteiger partial charge >= 0.3 is 6.18 Å². The van der Waals surface area contributed by atoms with Crippen LogP contribution in [0.3, 0.4) is 0 Å². The molecule has 0 bridgehead atoms. The number of halogens is 4. The molecule has 1 aliphatic heterocycles. The van der Waals surface area contributed by atoms with Gasteiger partial charge in [0.2, 0.25) is 5.60 Å². The van der Waals surface area contributed by atoms with Crippen LogP contribution in [-0.2, 0) is 5.60 Å². The first-order chi connectivity index (χ1) is 12.6. The van der Waals surface area contributed by atoms with E-state index in [9.17, 15) is 18.3 Å². The van der Waals surface area contributed by atoms with Crippen LogP contribution in [0.25, 0.3) is 10.8 Å². The Morgan fingerprint density at radius 2 is 1.74 bits per heavy atom. The highest BCUT2D eigenvalue weighted by Gasteiger charge is 2.59. The summed E-state index contributed by atoms with van der Waals surface area (Å²) in [5.41, 5.74) is -2.62. The minimum atomic E-state index is -4.89. The van der Waals surface area contributed by atoms with Crippen molar-refractivity contribution in [2.45, 2.75) is 21.6 Å². The second-order valence-electron chi connectivity index (χ2n) is 6.66. The molecule has 0 radical (unpaired) electrons. The number of hydrogen-bond acceptors (Lipinski definition) is 3. The van der Waals surface area contributed by atoms with E-state index in [-0.39, 0.29) is 16.1 Å². The smallest absolute Gasteiger partial charge is 0.377 e. The molecular weight excluding hydrogens is 395 g/mol. The summed E-state index contributed by atoms with van der Waals surface area (Å²) in [5.74, 6) is 0. The van der Waals surface area contributed by atoms with E-state index in [4.69, 9.17) is 11.6 Å². The minimum Gasteiger partial charge on any atom is -0.377 e. The summed E-state index contributed by atoms with van der Waals surface area (Å²) in [7, 11) is 3.76. The molecule has 1 unspecified atom stereocenters. The molecule has 1 heterocycles. The first-order valence-corrected chi connectivity index (χ1v) is 9.34. The highest BCUT2D eigenvalue weighted by atomic mass is 35.5. The van der Waals surface area contributed by atoms with Crippen molar-refractivity contribution < 1.29 is 18.3 Å². The molecule has 0 spiro atoms. The van der Waals surface area contributed by atoms with Crippen LogP contribution in [0.15, 0.2) is 58.3 Å². The van der Waals surface area contributed by atoms with E-state index in [2.05, 4.69) is 0 Å². The van der Waals surface area contributed by atoms with Crippen molar-refractivity contribution in [3.8, 4) is 0 Å². The molecule has 3 aromatic rings. The lowest BCUT2D eigenvalue weighted by Gasteiger charge is -2.38. The van der Waals surface area contributed by atoms with Crippen LogP contribution in [0.4, 0.5) is 18.9 Å². The predicted molar refractivity (Wildman–Crippen MR) is 103 cm³/mol. The van der Waals surface area contributed by atoms with Gasteiger partial charge in [0, 0.05) is 51.1 Å². The van der Waals surface area contributed by atoms with E-state index in [1.807, 2.05) is 31.1 Å². The van der Waals surface area contributed by atoms with Crippen molar-refractivity contribution in [3.05, 3.63) is 64.7 Å². The Balaban J connectivity index is 2.10. The molecule has 1 atom stereocenters. The third kappa shape index (κ3) is 2.62. The molecule has 4 rings (SSSR count). The van der Waals surface area contributed by atoms with Crippen molar-refractivity contribution in [1.82, 2.24) is 0 Å². The lowest BCUT2D eigenvalue weighted by molar-refractivity contribution is -0.250. The van der Waals surface area contributed by atoms with Crippen molar-refractivity contribution in [2.75, 3.05) is 19.0 Å². The van der Waals surface area contributed by atoms with Gasteiger partial charge in [-0.05, 0) is 29.7 Å². The van der Waals surface area contributed by atoms with Gasteiger partial charge in [-0.1, -0.05) is 47.6 Å². The standard InChI is InChI=1S/C20H15ClF3NOS/c1-25(2)16-5-3-4-13-12(16)7-8-14-18(13)27-17-9-6-11(21)10-15(17)19(14,26)20(22,23)24/h3-10,26H,1-2H3. The minimum absolute atomic E-state index is 0.149. The maximum atomic E-state index is 14.1. The van der Waals surface area contributed by atoms with E-state index in [0.29, 0.717) is 15.2 Å². The van der Waals surface area contributed by atoms with Crippen molar-refractivity contribution in [2.24, 2.45) is 0 Å². The third-order valence-corrected chi connectivity index (χ3v) is 6.27. The quantitative estimate of drug-likeness (QED) is 0.547. The Kier molecular flexibility index (Phi) is 4.14. The second-order valence-corrected chi connectivity index (χ2v) is 8.15. The molecule has 0 fully saturated rings. The van der Waals surface area contributed by atoms with Crippen LogP contribution in [0.1, 0.15) is 11.1 Å². The Morgan fingerprint density at radius 1 is 1.00 bits per heavy atom. The van der Waals surface area contributed by atoms with Gasteiger partial charge in [0.1, 0.15) is 0 Å². The van der Waals surface area contributed by atoms with E-state index in [1.54, 1.807) is 12.1 Å². The molecule has 0 aromatic heterocycles. The SMILES string of the molecule is CN(C)c1cccc2c3c(ccc12)C(O)(C(F)(F)F)c1cc(Cl)ccc1S3. The Hall–Kier alpha value is -1.89. The summed E-state index contributed by atoms with van der Waals surface area (Å²) in [6, 6.07) is 12.8. The average molecular weight is 410 g/mol.